The summed E-state index contributed by atoms with van der Waals surface area (Å²) < 4.78 is 0. The molecule has 1 aromatic rings. The van der Waals surface area contributed by atoms with E-state index in [0.717, 1.165) is 16.9 Å². The zero-order chi connectivity index (χ0) is 13.4. The molecule has 0 aliphatic carbocycles. The predicted molar refractivity (Wildman–Crippen MR) is 75.7 cm³/mol. The SMILES string of the molecule is CCC(=O)c1ccc(C#CCCSC(C)=O)cc1. The van der Waals surface area contributed by atoms with Crippen LogP contribution in [0, 0.1) is 11.8 Å². The topological polar surface area (TPSA) is 34.1 Å². The normalized spacial score (nSPS) is 9.44. The van der Waals surface area contributed by atoms with Gasteiger partial charge >= 0.3 is 0 Å². The smallest absolute Gasteiger partial charge is 0.185 e. The molecular formula is C15H16O2S. The largest absolute Gasteiger partial charge is 0.294 e. The van der Waals surface area contributed by atoms with Crippen LogP contribution < -0.4 is 0 Å². The van der Waals surface area contributed by atoms with Crippen LogP contribution >= 0.6 is 11.8 Å². The minimum absolute atomic E-state index is 0.124. The number of rotatable bonds is 4. The van der Waals surface area contributed by atoms with E-state index < -0.39 is 0 Å². The second-order valence-electron chi connectivity index (χ2n) is 3.75. The third-order valence-corrected chi connectivity index (χ3v) is 3.11. The van der Waals surface area contributed by atoms with Gasteiger partial charge in [-0.1, -0.05) is 42.7 Å². The van der Waals surface area contributed by atoms with Gasteiger partial charge in [0.1, 0.15) is 0 Å². The van der Waals surface area contributed by atoms with Crippen LogP contribution in [0.3, 0.4) is 0 Å². The van der Waals surface area contributed by atoms with Crippen LogP contribution in [0.5, 0.6) is 0 Å². The summed E-state index contributed by atoms with van der Waals surface area (Å²) in [6.45, 7) is 3.41. The number of hydrogen-bond donors (Lipinski definition) is 0. The van der Waals surface area contributed by atoms with E-state index in [2.05, 4.69) is 11.8 Å². The second kappa shape index (κ2) is 7.73. The Kier molecular flexibility index (Phi) is 6.24. The fourth-order valence-corrected chi connectivity index (χ4v) is 1.85. The lowest BCUT2D eigenvalue weighted by atomic mass is 10.1. The Labute approximate surface area is 112 Å². The lowest BCUT2D eigenvalue weighted by Gasteiger charge is -1.97. The van der Waals surface area contributed by atoms with Crippen LogP contribution in [0.4, 0.5) is 0 Å². The molecule has 18 heavy (non-hydrogen) atoms. The highest BCUT2D eigenvalue weighted by Gasteiger charge is 2.00. The van der Waals surface area contributed by atoms with Crippen molar-refractivity contribution in [3.05, 3.63) is 35.4 Å². The zero-order valence-corrected chi connectivity index (χ0v) is 11.5. The Morgan fingerprint density at radius 1 is 1.22 bits per heavy atom. The van der Waals surface area contributed by atoms with Crippen molar-refractivity contribution in [1.82, 2.24) is 0 Å². The van der Waals surface area contributed by atoms with E-state index >= 15 is 0 Å². The Balaban J connectivity index is 2.51. The predicted octanol–water partition coefficient (Wildman–Crippen LogP) is 3.30. The Morgan fingerprint density at radius 3 is 2.44 bits per heavy atom. The van der Waals surface area contributed by atoms with Gasteiger partial charge in [-0.3, -0.25) is 9.59 Å². The van der Waals surface area contributed by atoms with Crippen molar-refractivity contribution in [3.63, 3.8) is 0 Å². The van der Waals surface area contributed by atoms with Crippen molar-refractivity contribution >= 4 is 22.7 Å². The van der Waals surface area contributed by atoms with Crippen molar-refractivity contribution in [2.75, 3.05) is 5.75 Å². The first-order chi connectivity index (χ1) is 8.63. The van der Waals surface area contributed by atoms with Gasteiger partial charge in [-0.2, -0.15) is 0 Å². The van der Waals surface area contributed by atoms with Crippen molar-refractivity contribution in [1.29, 1.82) is 0 Å². The van der Waals surface area contributed by atoms with E-state index in [1.54, 1.807) is 19.1 Å². The molecule has 0 saturated carbocycles. The number of carbonyl (C=O) groups is 2. The molecule has 0 aliphatic rings. The molecule has 3 heteroatoms. The third-order valence-electron chi connectivity index (χ3n) is 2.29. The van der Waals surface area contributed by atoms with Crippen molar-refractivity contribution in [3.8, 4) is 11.8 Å². The van der Waals surface area contributed by atoms with Crippen molar-refractivity contribution in [2.24, 2.45) is 0 Å². The molecule has 0 atom stereocenters. The minimum Gasteiger partial charge on any atom is -0.294 e. The first-order valence-corrected chi connectivity index (χ1v) is 6.87. The van der Waals surface area contributed by atoms with Gasteiger partial charge in [0, 0.05) is 36.6 Å². The second-order valence-corrected chi connectivity index (χ2v) is 5.02. The van der Waals surface area contributed by atoms with Gasteiger partial charge in [-0.25, -0.2) is 0 Å². The average Bonchev–Trinajstić information content (AvgIpc) is 2.38. The Hall–Kier alpha value is -1.53. The molecule has 0 fully saturated rings. The van der Waals surface area contributed by atoms with Crippen LogP contribution in [0.25, 0.3) is 0 Å². The van der Waals surface area contributed by atoms with E-state index in [9.17, 15) is 9.59 Å². The lowest BCUT2D eigenvalue weighted by Crippen LogP contribution is -1.95. The molecule has 0 radical (unpaired) electrons. The summed E-state index contributed by atoms with van der Waals surface area (Å²) in [6, 6.07) is 7.32. The monoisotopic (exact) mass is 260 g/mol. The quantitative estimate of drug-likeness (QED) is 0.473. The fourth-order valence-electron chi connectivity index (χ4n) is 1.35. The van der Waals surface area contributed by atoms with E-state index in [1.807, 2.05) is 19.1 Å². The molecule has 1 aromatic carbocycles. The average molecular weight is 260 g/mol. The zero-order valence-electron chi connectivity index (χ0n) is 10.7. The number of carbonyl (C=O) groups excluding carboxylic acids is 2. The summed E-state index contributed by atoms with van der Waals surface area (Å²) in [5.41, 5.74) is 1.63. The molecule has 0 bridgehead atoms. The highest BCUT2D eigenvalue weighted by atomic mass is 32.2. The highest BCUT2D eigenvalue weighted by Crippen LogP contribution is 2.06. The number of hydrogen-bond acceptors (Lipinski definition) is 3. The van der Waals surface area contributed by atoms with Crippen molar-refractivity contribution in [2.45, 2.75) is 26.7 Å². The molecule has 0 unspecified atom stereocenters. The van der Waals surface area contributed by atoms with Crippen LogP contribution in [-0.4, -0.2) is 16.7 Å². The standard InChI is InChI=1S/C15H16O2S/c1-3-15(17)14-9-7-13(8-10-14)6-4-5-11-18-12(2)16/h7-10H,3,5,11H2,1-2H3. The van der Waals surface area contributed by atoms with Gasteiger partial charge in [0.2, 0.25) is 0 Å². The lowest BCUT2D eigenvalue weighted by molar-refractivity contribution is -0.109. The van der Waals surface area contributed by atoms with E-state index in [4.69, 9.17) is 0 Å². The van der Waals surface area contributed by atoms with Gasteiger partial charge in [0.25, 0.3) is 0 Å². The molecule has 1 rings (SSSR count). The first-order valence-electron chi connectivity index (χ1n) is 5.89. The molecule has 0 spiro atoms. The van der Waals surface area contributed by atoms with Gasteiger partial charge in [-0.05, 0) is 12.1 Å². The van der Waals surface area contributed by atoms with E-state index in [-0.39, 0.29) is 10.9 Å². The fraction of sp³-hybridized carbons (Fsp3) is 0.333. The maximum atomic E-state index is 11.4. The van der Waals surface area contributed by atoms with E-state index in [0.29, 0.717) is 12.8 Å². The molecule has 0 saturated heterocycles. The summed E-state index contributed by atoms with van der Waals surface area (Å²) in [5, 5.41) is 0.124. The van der Waals surface area contributed by atoms with E-state index in [1.165, 1.54) is 11.8 Å². The minimum atomic E-state index is 0.124. The number of benzene rings is 1. The van der Waals surface area contributed by atoms with Crippen LogP contribution in [0.1, 0.15) is 42.6 Å². The van der Waals surface area contributed by atoms with Crippen LogP contribution in [-0.2, 0) is 4.79 Å². The molecule has 94 valence electrons. The van der Waals surface area contributed by atoms with Gasteiger partial charge < -0.3 is 0 Å². The Morgan fingerprint density at radius 2 is 1.89 bits per heavy atom. The summed E-state index contributed by atoms with van der Waals surface area (Å²) >= 11 is 1.29. The summed E-state index contributed by atoms with van der Waals surface area (Å²) in [7, 11) is 0. The number of Topliss-reactive ketones (excluding diaryl/α,β-unsaturated/α-hetero) is 1. The summed E-state index contributed by atoms with van der Waals surface area (Å²) in [4.78, 5) is 22.1. The van der Waals surface area contributed by atoms with Crippen LogP contribution in [0.2, 0.25) is 0 Å². The summed E-state index contributed by atoms with van der Waals surface area (Å²) in [6.07, 6.45) is 1.22. The summed E-state index contributed by atoms with van der Waals surface area (Å²) in [5.74, 6) is 6.90. The number of ketones is 1. The molecule has 0 heterocycles. The molecule has 0 N–H and O–H groups in total. The molecule has 2 nitrogen and oxygen atoms in total. The van der Waals surface area contributed by atoms with Gasteiger partial charge in [0.05, 0.1) is 0 Å². The maximum absolute atomic E-state index is 11.4. The first kappa shape index (κ1) is 14.5. The molecule has 0 aliphatic heterocycles. The maximum Gasteiger partial charge on any atom is 0.185 e. The van der Waals surface area contributed by atoms with Gasteiger partial charge in [0.15, 0.2) is 10.9 Å². The Bertz CT molecular complexity index is 477. The van der Waals surface area contributed by atoms with Crippen LogP contribution in [0.15, 0.2) is 24.3 Å². The molecule has 0 aromatic heterocycles. The van der Waals surface area contributed by atoms with Crippen molar-refractivity contribution < 1.29 is 9.59 Å². The van der Waals surface area contributed by atoms with Gasteiger partial charge in [-0.15, -0.1) is 0 Å². The number of thioether (sulfide) groups is 1. The molecule has 0 amide bonds. The molecular weight excluding hydrogens is 244 g/mol. The third kappa shape index (κ3) is 5.20. The highest BCUT2D eigenvalue weighted by molar-refractivity contribution is 8.13.